The second-order valence-electron chi connectivity index (χ2n) is 4.82. The van der Waals surface area contributed by atoms with Gasteiger partial charge in [0.05, 0.1) is 12.4 Å². The molecule has 0 aliphatic carbocycles. The van der Waals surface area contributed by atoms with Gasteiger partial charge >= 0.3 is 0 Å². The number of hydrogen-bond donors (Lipinski definition) is 1. The Morgan fingerprint density at radius 3 is 3.06 bits per heavy atom. The molecule has 1 fully saturated rings. The zero-order valence-corrected chi connectivity index (χ0v) is 10.3. The van der Waals surface area contributed by atoms with Gasteiger partial charge in [0, 0.05) is 19.1 Å². The summed E-state index contributed by atoms with van der Waals surface area (Å²) >= 11 is 0. The number of amides is 1. The van der Waals surface area contributed by atoms with Crippen molar-refractivity contribution in [2.24, 2.45) is 11.8 Å². The second-order valence-corrected chi connectivity index (χ2v) is 4.82. The molecular formula is C13H19NO3. The van der Waals surface area contributed by atoms with Crippen LogP contribution in [0.5, 0.6) is 0 Å². The van der Waals surface area contributed by atoms with Crippen LogP contribution >= 0.6 is 0 Å². The first kappa shape index (κ1) is 12.2. The summed E-state index contributed by atoms with van der Waals surface area (Å²) in [7, 11) is 0. The summed E-state index contributed by atoms with van der Waals surface area (Å²) in [5.74, 6) is 1.12. The number of ether oxygens (including phenoxy) is 1. The molecular weight excluding hydrogens is 218 g/mol. The van der Waals surface area contributed by atoms with E-state index in [0.29, 0.717) is 24.1 Å². The molecule has 1 aliphatic heterocycles. The third-order valence-electron chi connectivity index (χ3n) is 3.19. The first-order valence-corrected chi connectivity index (χ1v) is 6.12. The number of carbonyl (C=O) groups is 1. The molecule has 2 atom stereocenters. The Morgan fingerprint density at radius 2 is 2.41 bits per heavy atom. The Kier molecular flexibility index (Phi) is 3.84. The highest BCUT2D eigenvalue weighted by atomic mass is 16.5. The SMILES string of the molecule is CC(C)[C@H]1OCC[C@@H]1CNC(=O)c1ccco1. The maximum Gasteiger partial charge on any atom is 0.286 e. The summed E-state index contributed by atoms with van der Waals surface area (Å²) in [6.45, 7) is 5.75. The Balaban J connectivity index is 1.84. The van der Waals surface area contributed by atoms with Crippen LogP contribution in [0.2, 0.25) is 0 Å². The van der Waals surface area contributed by atoms with E-state index in [9.17, 15) is 4.79 Å². The average molecular weight is 237 g/mol. The van der Waals surface area contributed by atoms with E-state index in [-0.39, 0.29) is 12.0 Å². The molecule has 1 aliphatic rings. The molecule has 0 bridgehead atoms. The lowest BCUT2D eigenvalue weighted by Crippen LogP contribution is -2.34. The quantitative estimate of drug-likeness (QED) is 0.872. The van der Waals surface area contributed by atoms with Crippen LogP contribution < -0.4 is 5.32 Å². The summed E-state index contributed by atoms with van der Waals surface area (Å²) in [5.41, 5.74) is 0. The number of nitrogens with one attached hydrogen (secondary N) is 1. The molecule has 1 amide bonds. The van der Waals surface area contributed by atoms with Crippen LogP contribution in [-0.4, -0.2) is 25.2 Å². The molecule has 0 unspecified atom stereocenters. The van der Waals surface area contributed by atoms with E-state index in [2.05, 4.69) is 19.2 Å². The molecule has 0 saturated carbocycles. The lowest BCUT2D eigenvalue weighted by Gasteiger charge is -2.21. The van der Waals surface area contributed by atoms with Crippen molar-refractivity contribution in [2.75, 3.05) is 13.2 Å². The van der Waals surface area contributed by atoms with Gasteiger partial charge in [-0.25, -0.2) is 0 Å². The Labute approximate surface area is 101 Å². The van der Waals surface area contributed by atoms with E-state index >= 15 is 0 Å². The van der Waals surface area contributed by atoms with Crippen LogP contribution in [0, 0.1) is 11.8 Å². The molecule has 0 spiro atoms. The van der Waals surface area contributed by atoms with Gasteiger partial charge < -0.3 is 14.5 Å². The maximum absolute atomic E-state index is 11.7. The fourth-order valence-corrected chi connectivity index (χ4v) is 2.33. The average Bonchev–Trinajstić information content (AvgIpc) is 2.96. The molecule has 4 heteroatoms. The molecule has 1 N–H and O–H groups in total. The predicted octanol–water partition coefficient (Wildman–Crippen LogP) is 2.07. The molecule has 2 rings (SSSR count). The smallest absolute Gasteiger partial charge is 0.286 e. The van der Waals surface area contributed by atoms with Crippen molar-refractivity contribution < 1.29 is 13.9 Å². The van der Waals surface area contributed by atoms with E-state index in [1.165, 1.54) is 6.26 Å². The molecule has 2 heterocycles. The van der Waals surface area contributed by atoms with Gasteiger partial charge in [0.15, 0.2) is 5.76 Å². The first-order valence-electron chi connectivity index (χ1n) is 6.12. The molecule has 1 aromatic heterocycles. The highest BCUT2D eigenvalue weighted by molar-refractivity contribution is 5.91. The van der Waals surface area contributed by atoms with E-state index in [4.69, 9.17) is 9.15 Å². The number of rotatable bonds is 4. The van der Waals surface area contributed by atoms with E-state index in [1.54, 1.807) is 12.1 Å². The fraction of sp³-hybridized carbons (Fsp3) is 0.615. The third-order valence-corrected chi connectivity index (χ3v) is 3.19. The first-order chi connectivity index (χ1) is 8.18. The van der Waals surface area contributed by atoms with Gasteiger partial charge in [-0.2, -0.15) is 0 Å². The molecule has 0 radical (unpaired) electrons. The minimum absolute atomic E-state index is 0.149. The minimum Gasteiger partial charge on any atom is -0.459 e. The monoisotopic (exact) mass is 237 g/mol. The van der Waals surface area contributed by atoms with Crippen LogP contribution in [0.15, 0.2) is 22.8 Å². The van der Waals surface area contributed by atoms with Crippen LogP contribution in [-0.2, 0) is 4.74 Å². The predicted molar refractivity (Wildman–Crippen MR) is 63.7 cm³/mol. The lowest BCUT2D eigenvalue weighted by atomic mass is 9.93. The lowest BCUT2D eigenvalue weighted by molar-refractivity contribution is 0.0531. The summed E-state index contributed by atoms with van der Waals surface area (Å²) in [5, 5.41) is 2.90. The third kappa shape index (κ3) is 2.88. The van der Waals surface area contributed by atoms with Crippen LogP contribution in [0.3, 0.4) is 0 Å². The van der Waals surface area contributed by atoms with Crippen LogP contribution in [0.25, 0.3) is 0 Å². The Bertz CT molecular complexity index is 359. The summed E-state index contributed by atoms with van der Waals surface area (Å²) in [6.07, 6.45) is 2.78. The molecule has 17 heavy (non-hydrogen) atoms. The van der Waals surface area contributed by atoms with Crippen molar-refractivity contribution in [2.45, 2.75) is 26.4 Å². The number of furan rings is 1. The van der Waals surface area contributed by atoms with Crippen LogP contribution in [0.1, 0.15) is 30.8 Å². The minimum atomic E-state index is -0.149. The van der Waals surface area contributed by atoms with Crippen molar-refractivity contribution in [1.29, 1.82) is 0 Å². The van der Waals surface area contributed by atoms with Gasteiger partial charge in [-0.05, 0) is 24.5 Å². The van der Waals surface area contributed by atoms with E-state index in [1.807, 2.05) is 0 Å². The largest absolute Gasteiger partial charge is 0.459 e. The van der Waals surface area contributed by atoms with Gasteiger partial charge in [0.2, 0.25) is 0 Å². The van der Waals surface area contributed by atoms with Crippen molar-refractivity contribution in [3.05, 3.63) is 24.2 Å². The van der Waals surface area contributed by atoms with Gasteiger partial charge in [-0.15, -0.1) is 0 Å². The number of carbonyl (C=O) groups excluding carboxylic acids is 1. The van der Waals surface area contributed by atoms with E-state index in [0.717, 1.165) is 13.0 Å². The molecule has 4 nitrogen and oxygen atoms in total. The fourth-order valence-electron chi connectivity index (χ4n) is 2.33. The van der Waals surface area contributed by atoms with Crippen molar-refractivity contribution in [1.82, 2.24) is 5.32 Å². The van der Waals surface area contributed by atoms with Crippen molar-refractivity contribution in [3.63, 3.8) is 0 Å². The molecule has 1 saturated heterocycles. The van der Waals surface area contributed by atoms with Gasteiger partial charge in [-0.3, -0.25) is 4.79 Å². The Hall–Kier alpha value is -1.29. The summed E-state index contributed by atoms with van der Waals surface area (Å²) < 4.78 is 10.7. The van der Waals surface area contributed by atoms with Gasteiger partial charge in [0.25, 0.3) is 5.91 Å². The Morgan fingerprint density at radius 1 is 1.59 bits per heavy atom. The van der Waals surface area contributed by atoms with Crippen LogP contribution in [0.4, 0.5) is 0 Å². The van der Waals surface area contributed by atoms with Crippen molar-refractivity contribution in [3.8, 4) is 0 Å². The van der Waals surface area contributed by atoms with E-state index < -0.39 is 0 Å². The highest BCUT2D eigenvalue weighted by Crippen LogP contribution is 2.26. The standard InChI is InChI=1S/C13H19NO3/c1-9(2)12-10(5-7-17-12)8-14-13(15)11-4-3-6-16-11/h3-4,6,9-10,12H,5,7-8H2,1-2H3,(H,14,15)/t10-,12-/m1/s1. The summed E-state index contributed by atoms with van der Waals surface area (Å²) in [4.78, 5) is 11.7. The second kappa shape index (κ2) is 5.36. The van der Waals surface area contributed by atoms with Gasteiger partial charge in [-0.1, -0.05) is 13.8 Å². The highest BCUT2D eigenvalue weighted by Gasteiger charge is 2.30. The zero-order chi connectivity index (χ0) is 12.3. The topological polar surface area (TPSA) is 51.5 Å². The van der Waals surface area contributed by atoms with Gasteiger partial charge in [0.1, 0.15) is 0 Å². The normalized spacial score (nSPS) is 24.2. The zero-order valence-electron chi connectivity index (χ0n) is 10.3. The number of hydrogen-bond acceptors (Lipinski definition) is 3. The maximum atomic E-state index is 11.7. The molecule has 0 aromatic carbocycles. The van der Waals surface area contributed by atoms with Crippen molar-refractivity contribution >= 4 is 5.91 Å². The molecule has 1 aromatic rings. The summed E-state index contributed by atoms with van der Waals surface area (Å²) in [6, 6.07) is 3.38. The molecule has 94 valence electrons.